The number of benzene rings is 2. The van der Waals surface area contributed by atoms with Gasteiger partial charge >= 0.3 is 0 Å². The molecule has 2 aliphatic rings. The van der Waals surface area contributed by atoms with E-state index in [9.17, 15) is 9.59 Å². The smallest absolute Gasteiger partial charge is 0.254 e. The van der Waals surface area contributed by atoms with Crippen molar-refractivity contribution in [2.24, 2.45) is 5.92 Å². The Morgan fingerprint density at radius 1 is 1.08 bits per heavy atom. The Balaban J connectivity index is 1.35. The van der Waals surface area contributed by atoms with Crippen LogP contribution in [0.1, 0.15) is 10.4 Å². The molecule has 1 N–H and O–H groups in total. The van der Waals surface area contributed by atoms with Crippen molar-refractivity contribution in [2.75, 3.05) is 25.2 Å². The maximum Gasteiger partial charge on any atom is 0.254 e. The van der Waals surface area contributed by atoms with Crippen LogP contribution in [0.3, 0.4) is 0 Å². The van der Waals surface area contributed by atoms with Crippen molar-refractivity contribution < 1.29 is 19.1 Å². The molecule has 7 heteroatoms. The Morgan fingerprint density at radius 3 is 2.68 bits per heavy atom. The molecule has 25 heavy (non-hydrogen) atoms. The average Bonchev–Trinajstić information content (AvgIpc) is 3.00. The number of fused-ring (bicyclic) bond motifs is 1. The minimum Gasteiger partial charge on any atom is -0.454 e. The lowest BCUT2D eigenvalue weighted by atomic mass is 9.97. The molecule has 2 amide bonds. The standard InChI is InChI=1S/C18H15BrN2O4/c19-13-2-1-3-14(7-13)20-17(22)12-8-21(9-12)18(23)11-4-5-15-16(6-11)25-10-24-15/h1-7,12H,8-10H2,(H,20,22). The third-order valence-corrected chi connectivity index (χ3v) is 4.74. The predicted molar refractivity (Wildman–Crippen MR) is 94.7 cm³/mol. The van der Waals surface area contributed by atoms with Crippen LogP contribution in [-0.2, 0) is 4.79 Å². The summed E-state index contributed by atoms with van der Waals surface area (Å²) in [4.78, 5) is 26.4. The van der Waals surface area contributed by atoms with Crippen molar-refractivity contribution in [3.05, 3.63) is 52.5 Å². The molecule has 6 nitrogen and oxygen atoms in total. The lowest BCUT2D eigenvalue weighted by molar-refractivity contribution is -0.123. The first kappa shape index (κ1) is 16.0. The van der Waals surface area contributed by atoms with E-state index in [1.807, 2.05) is 24.3 Å². The van der Waals surface area contributed by atoms with Gasteiger partial charge in [-0.1, -0.05) is 22.0 Å². The Kier molecular flexibility index (Phi) is 4.09. The zero-order valence-electron chi connectivity index (χ0n) is 13.2. The highest BCUT2D eigenvalue weighted by Gasteiger charge is 2.36. The zero-order valence-corrected chi connectivity index (χ0v) is 14.8. The minimum absolute atomic E-state index is 0.0761. The summed E-state index contributed by atoms with van der Waals surface area (Å²) in [6.45, 7) is 0.995. The summed E-state index contributed by atoms with van der Waals surface area (Å²) < 4.78 is 11.4. The van der Waals surface area contributed by atoms with Crippen LogP contribution in [0.15, 0.2) is 46.9 Å². The van der Waals surface area contributed by atoms with Crippen LogP contribution in [0.25, 0.3) is 0 Å². The third kappa shape index (κ3) is 3.19. The van der Waals surface area contributed by atoms with Crippen LogP contribution >= 0.6 is 15.9 Å². The van der Waals surface area contributed by atoms with Crippen molar-refractivity contribution in [3.63, 3.8) is 0 Å². The molecule has 2 aromatic carbocycles. The van der Waals surface area contributed by atoms with Gasteiger partial charge in [0, 0.05) is 28.8 Å². The summed E-state index contributed by atoms with van der Waals surface area (Å²) in [6, 6.07) is 12.5. The van der Waals surface area contributed by atoms with Crippen LogP contribution in [0.5, 0.6) is 11.5 Å². The van der Waals surface area contributed by atoms with Crippen molar-refractivity contribution in [1.82, 2.24) is 4.90 Å². The highest BCUT2D eigenvalue weighted by molar-refractivity contribution is 9.10. The minimum atomic E-state index is -0.197. The highest BCUT2D eigenvalue weighted by Crippen LogP contribution is 2.33. The van der Waals surface area contributed by atoms with Gasteiger partial charge in [-0.3, -0.25) is 9.59 Å². The Bertz CT molecular complexity index is 849. The second-order valence-corrected chi connectivity index (χ2v) is 6.89. The number of carbonyl (C=O) groups is 2. The summed E-state index contributed by atoms with van der Waals surface area (Å²) in [7, 11) is 0. The molecule has 0 bridgehead atoms. The molecule has 0 aliphatic carbocycles. The van der Waals surface area contributed by atoms with E-state index in [0.29, 0.717) is 30.2 Å². The average molecular weight is 403 g/mol. The molecule has 0 radical (unpaired) electrons. The highest BCUT2D eigenvalue weighted by atomic mass is 79.9. The topological polar surface area (TPSA) is 67.9 Å². The van der Waals surface area contributed by atoms with Gasteiger partial charge in [0.25, 0.3) is 5.91 Å². The number of likely N-dealkylation sites (tertiary alicyclic amines) is 1. The number of nitrogens with zero attached hydrogens (tertiary/aromatic N) is 1. The predicted octanol–water partition coefficient (Wildman–Crippen LogP) is 2.89. The lowest BCUT2D eigenvalue weighted by Crippen LogP contribution is -2.54. The summed E-state index contributed by atoms with van der Waals surface area (Å²) in [5.41, 5.74) is 1.27. The molecule has 0 unspecified atom stereocenters. The van der Waals surface area contributed by atoms with Gasteiger partial charge in [-0.15, -0.1) is 0 Å². The Hall–Kier alpha value is -2.54. The zero-order chi connectivity index (χ0) is 17.4. The fourth-order valence-corrected chi connectivity index (χ4v) is 3.23. The molecule has 4 rings (SSSR count). The van der Waals surface area contributed by atoms with Crippen LogP contribution < -0.4 is 14.8 Å². The van der Waals surface area contributed by atoms with E-state index in [1.54, 1.807) is 23.1 Å². The molecule has 2 aromatic rings. The van der Waals surface area contributed by atoms with E-state index in [1.165, 1.54) is 0 Å². The Labute approximate surface area is 152 Å². The fourth-order valence-electron chi connectivity index (χ4n) is 2.83. The number of ether oxygens (including phenoxy) is 2. The summed E-state index contributed by atoms with van der Waals surface area (Å²) in [5, 5.41) is 2.87. The van der Waals surface area contributed by atoms with E-state index < -0.39 is 0 Å². The number of hydrogen-bond acceptors (Lipinski definition) is 4. The molecule has 0 aromatic heterocycles. The van der Waals surface area contributed by atoms with Gasteiger partial charge in [0.05, 0.1) is 5.92 Å². The molecule has 0 spiro atoms. The van der Waals surface area contributed by atoms with E-state index in [4.69, 9.17) is 9.47 Å². The molecular weight excluding hydrogens is 388 g/mol. The molecule has 2 heterocycles. The molecule has 1 saturated heterocycles. The Morgan fingerprint density at radius 2 is 1.88 bits per heavy atom. The number of rotatable bonds is 3. The summed E-state index contributed by atoms with van der Waals surface area (Å²) in [5.74, 6) is 0.844. The number of anilines is 1. The van der Waals surface area contributed by atoms with Crippen molar-refractivity contribution in [2.45, 2.75) is 0 Å². The van der Waals surface area contributed by atoms with Crippen LogP contribution in [0, 0.1) is 5.92 Å². The van der Waals surface area contributed by atoms with Gasteiger partial charge < -0.3 is 19.7 Å². The quantitative estimate of drug-likeness (QED) is 0.856. The van der Waals surface area contributed by atoms with E-state index in [2.05, 4.69) is 21.2 Å². The molecule has 0 atom stereocenters. The first-order valence-corrected chi connectivity index (χ1v) is 8.65. The molecule has 0 saturated carbocycles. The van der Waals surface area contributed by atoms with Crippen molar-refractivity contribution in [1.29, 1.82) is 0 Å². The molecule has 2 aliphatic heterocycles. The van der Waals surface area contributed by atoms with Crippen LogP contribution in [-0.4, -0.2) is 36.6 Å². The molecule has 128 valence electrons. The SMILES string of the molecule is O=C(Nc1cccc(Br)c1)C1CN(C(=O)c2ccc3c(c2)OCO3)C1. The number of carbonyl (C=O) groups excluding carboxylic acids is 2. The van der Waals surface area contributed by atoms with Gasteiger partial charge in [-0.05, 0) is 36.4 Å². The van der Waals surface area contributed by atoms with Crippen LogP contribution in [0.2, 0.25) is 0 Å². The number of halogens is 1. The van der Waals surface area contributed by atoms with Gasteiger partial charge in [-0.2, -0.15) is 0 Å². The molecule has 1 fully saturated rings. The van der Waals surface area contributed by atoms with E-state index in [-0.39, 0.29) is 24.5 Å². The first-order valence-electron chi connectivity index (χ1n) is 7.85. The monoisotopic (exact) mass is 402 g/mol. The van der Waals surface area contributed by atoms with E-state index >= 15 is 0 Å². The van der Waals surface area contributed by atoms with Crippen LogP contribution in [0.4, 0.5) is 5.69 Å². The third-order valence-electron chi connectivity index (χ3n) is 4.25. The molecular formula is C18H15BrN2O4. The van der Waals surface area contributed by atoms with Crippen molar-refractivity contribution in [3.8, 4) is 11.5 Å². The first-order chi connectivity index (χ1) is 12.1. The van der Waals surface area contributed by atoms with Gasteiger partial charge in [-0.25, -0.2) is 0 Å². The van der Waals surface area contributed by atoms with E-state index in [0.717, 1.165) is 10.2 Å². The summed E-state index contributed by atoms with van der Waals surface area (Å²) >= 11 is 3.37. The summed E-state index contributed by atoms with van der Waals surface area (Å²) in [6.07, 6.45) is 0. The largest absolute Gasteiger partial charge is 0.454 e. The maximum atomic E-state index is 12.5. The van der Waals surface area contributed by atoms with Gasteiger partial charge in [0.15, 0.2) is 11.5 Å². The number of amides is 2. The normalized spacial score (nSPS) is 15.6. The maximum absolute atomic E-state index is 12.5. The number of hydrogen-bond donors (Lipinski definition) is 1. The fraction of sp³-hybridized carbons (Fsp3) is 0.222. The second kappa shape index (κ2) is 6.40. The van der Waals surface area contributed by atoms with Crippen molar-refractivity contribution >= 4 is 33.4 Å². The second-order valence-electron chi connectivity index (χ2n) is 5.97. The van der Waals surface area contributed by atoms with Gasteiger partial charge in [0.2, 0.25) is 12.7 Å². The lowest BCUT2D eigenvalue weighted by Gasteiger charge is -2.38. The number of nitrogens with one attached hydrogen (secondary N) is 1. The van der Waals surface area contributed by atoms with Gasteiger partial charge in [0.1, 0.15) is 0 Å².